The molecule has 1 aromatic carbocycles. The van der Waals surface area contributed by atoms with Crippen molar-refractivity contribution in [3.8, 4) is 17.1 Å². The molecule has 0 saturated carbocycles. The minimum atomic E-state index is -0.470. The number of nitrogens with one attached hydrogen (secondary N) is 3. The second kappa shape index (κ2) is 8.23. The molecule has 0 fully saturated rings. The third-order valence-electron chi connectivity index (χ3n) is 3.65. The highest BCUT2D eigenvalue weighted by Crippen LogP contribution is 2.20. The summed E-state index contributed by atoms with van der Waals surface area (Å²) in [6, 6.07) is 10.4. The van der Waals surface area contributed by atoms with Crippen LogP contribution < -0.4 is 15.6 Å². The van der Waals surface area contributed by atoms with Crippen LogP contribution in [0.25, 0.3) is 11.4 Å². The number of hydrogen-bond donors (Lipinski definition) is 3. The van der Waals surface area contributed by atoms with Crippen LogP contribution in [-0.2, 0) is 11.3 Å². The largest absolute Gasteiger partial charge is 0.497 e. The lowest BCUT2D eigenvalue weighted by Crippen LogP contribution is -2.43. The molecule has 2 aromatic heterocycles. The predicted octanol–water partition coefficient (Wildman–Crippen LogP) is 1.47. The molecule has 9 nitrogen and oxygen atoms in total. The highest BCUT2D eigenvalue weighted by molar-refractivity contribution is 7.71. The number of hydrogen-bond acceptors (Lipinski definition) is 6. The molecule has 27 heavy (non-hydrogen) atoms. The van der Waals surface area contributed by atoms with Gasteiger partial charge in [0.15, 0.2) is 10.6 Å². The van der Waals surface area contributed by atoms with Gasteiger partial charge in [-0.3, -0.25) is 35.1 Å². The Hall–Kier alpha value is -3.53. The number of aromatic nitrogens is 4. The SMILES string of the molecule is COc1ccc(-c2n[nH]c(=S)n2CC(=O)NNC(=O)c2cccnc2)cc1. The summed E-state index contributed by atoms with van der Waals surface area (Å²) in [7, 11) is 1.58. The van der Waals surface area contributed by atoms with Crippen molar-refractivity contribution in [1.82, 2.24) is 30.6 Å². The number of H-pyrrole nitrogens is 1. The van der Waals surface area contributed by atoms with Gasteiger partial charge in [-0.1, -0.05) is 0 Å². The average Bonchev–Trinajstić information content (AvgIpc) is 3.07. The van der Waals surface area contributed by atoms with Gasteiger partial charge in [0.05, 0.1) is 12.7 Å². The molecule has 3 aromatic rings. The molecule has 138 valence electrons. The number of aromatic amines is 1. The Morgan fingerprint density at radius 3 is 2.67 bits per heavy atom. The van der Waals surface area contributed by atoms with Crippen molar-refractivity contribution in [2.45, 2.75) is 6.54 Å². The van der Waals surface area contributed by atoms with Gasteiger partial charge in [0.25, 0.3) is 11.8 Å². The first-order valence-corrected chi connectivity index (χ1v) is 8.28. The molecule has 0 radical (unpaired) electrons. The van der Waals surface area contributed by atoms with Crippen molar-refractivity contribution in [1.29, 1.82) is 0 Å². The standard InChI is InChI=1S/C17H16N6O3S/c1-26-13-6-4-11(5-7-13)15-20-22-17(27)23(15)10-14(24)19-21-16(25)12-3-2-8-18-9-12/h2-9H,10H2,1H3,(H,19,24)(H,21,25)(H,22,27). The number of nitrogens with zero attached hydrogens (tertiary/aromatic N) is 3. The van der Waals surface area contributed by atoms with Crippen LogP contribution in [0, 0.1) is 4.77 Å². The molecule has 3 N–H and O–H groups in total. The zero-order chi connectivity index (χ0) is 19.2. The summed E-state index contributed by atoms with van der Waals surface area (Å²) in [4.78, 5) is 28.0. The molecule has 0 aliphatic rings. The maximum absolute atomic E-state index is 12.2. The Labute approximate surface area is 159 Å². The fraction of sp³-hybridized carbons (Fsp3) is 0.118. The Kier molecular flexibility index (Phi) is 5.57. The Morgan fingerprint density at radius 1 is 1.22 bits per heavy atom. The van der Waals surface area contributed by atoms with Gasteiger partial charge in [0, 0.05) is 18.0 Å². The van der Waals surface area contributed by atoms with E-state index in [1.807, 2.05) is 12.1 Å². The molecular weight excluding hydrogens is 368 g/mol. The number of carbonyl (C=O) groups excluding carboxylic acids is 2. The molecule has 10 heteroatoms. The van der Waals surface area contributed by atoms with Crippen LogP contribution in [0.1, 0.15) is 10.4 Å². The molecule has 0 unspecified atom stereocenters. The quantitative estimate of drug-likeness (QED) is 0.453. The van der Waals surface area contributed by atoms with Gasteiger partial charge in [0.2, 0.25) is 0 Å². The number of hydrazine groups is 1. The summed E-state index contributed by atoms with van der Waals surface area (Å²) in [5.74, 6) is 0.272. The van der Waals surface area contributed by atoms with E-state index in [0.717, 1.165) is 5.56 Å². The smallest absolute Gasteiger partial charge is 0.271 e. The van der Waals surface area contributed by atoms with Gasteiger partial charge in [-0.2, -0.15) is 5.10 Å². The zero-order valence-electron chi connectivity index (χ0n) is 14.3. The Balaban J connectivity index is 1.68. The first-order valence-electron chi connectivity index (χ1n) is 7.87. The predicted molar refractivity (Wildman–Crippen MR) is 99.2 cm³/mol. The molecule has 0 aliphatic carbocycles. The molecule has 0 saturated heterocycles. The second-order valence-electron chi connectivity index (χ2n) is 5.41. The minimum Gasteiger partial charge on any atom is -0.497 e. The number of amides is 2. The van der Waals surface area contributed by atoms with E-state index in [-0.39, 0.29) is 11.3 Å². The molecule has 3 rings (SSSR count). The van der Waals surface area contributed by atoms with E-state index >= 15 is 0 Å². The third kappa shape index (κ3) is 4.36. The van der Waals surface area contributed by atoms with E-state index < -0.39 is 11.8 Å². The van der Waals surface area contributed by atoms with Gasteiger partial charge >= 0.3 is 0 Å². The topological polar surface area (TPSA) is 114 Å². The number of pyridine rings is 1. The monoisotopic (exact) mass is 384 g/mol. The number of methoxy groups -OCH3 is 1. The summed E-state index contributed by atoms with van der Waals surface area (Å²) >= 11 is 5.20. The third-order valence-corrected chi connectivity index (χ3v) is 3.96. The first-order chi connectivity index (χ1) is 13.1. The van der Waals surface area contributed by atoms with Crippen LogP contribution in [0.2, 0.25) is 0 Å². The van der Waals surface area contributed by atoms with E-state index in [4.69, 9.17) is 17.0 Å². The van der Waals surface area contributed by atoms with E-state index in [9.17, 15) is 9.59 Å². The zero-order valence-corrected chi connectivity index (χ0v) is 15.1. The van der Waals surface area contributed by atoms with Crippen LogP contribution in [0.5, 0.6) is 5.75 Å². The summed E-state index contributed by atoms with van der Waals surface area (Å²) in [5.41, 5.74) is 5.77. The van der Waals surface area contributed by atoms with Crippen LogP contribution in [0.3, 0.4) is 0 Å². The highest BCUT2D eigenvalue weighted by atomic mass is 32.1. The lowest BCUT2D eigenvalue weighted by atomic mass is 10.2. The van der Waals surface area contributed by atoms with Crippen molar-refractivity contribution in [2.24, 2.45) is 0 Å². The molecule has 0 spiro atoms. The normalized spacial score (nSPS) is 10.3. The van der Waals surface area contributed by atoms with E-state index in [0.29, 0.717) is 17.1 Å². The van der Waals surface area contributed by atoms with Crippen molar-refractivity contribution in [3.63, 3.8) is 0 Å². The fourth-order valence-corrected chi connectivity index (χ4v) is 2.50. The van der Waals surface area contributed by atoms with Gasteiger partial charge in [0.1, 0.15) is 12.3 Å². The van der Waals surface area contributed by atoms with Crippen LogP contribution in [0.15, 0.2) is 48.8 Å². The average molecular weight is 384 g/mol. The van der Waals surface area contributed by atoms with E-state index in [1.165, 1.54) is 10.8 Å². The summed E-state index contributed by atoms with van der Waals surface area (Å²) in [6.45, 7) is -0.121. The maximum atomic E-state index is 12.2. The fourth-order valence-electron chi connectivity index (χ4n) is 2.30. The molecule has 0 atom stereocenters. The maximum Gasteiger partial charge on any atom is 0.271 e. The van der Waals surface area contributed by atoms with Gasteiger partial charge in [-0.05, 0) is 48.6 Å². The lowest BCUT2D eigenvalue weighted by Gasteiger charge is -2.09. The van der Waals surface area contributed by atoms with Crippen molar-refractivity contribution in [3.05, 3.63) is 59.1 Å². The number of carbonyl (C=O) groups is 2. The molecule has 0 bridgehead atoms. The van der Waals surface area contributed by atoms with Crippen molar-refractivity contribution in [2.75, 3.05) is 7.11 Å². The van der Waals surface area contributed by atoms with Gasteiger partial charge in [-0.15, -0.1) is 0 Å². The Morgan fingerprint density at radius 2 is 2.00 bits per heavy atom. The van der Waals surface area contributed by atoms with Crippen LogP contribution in [-0.4, -0.2) is 38.7 Å². The van der Waals surface area contributed by atoms with E-state index in [2.05, 4.69) is 26.0 Å². The lowest BCUT2D eigenvalue weighted by molar-refractivity contribution is -0.122. The van der Waals surface area contributed by atoms with Crippen molar-refractivity contribution >= 4 is 24.0 Å². The summed E-state index contributed by atoms with van der Waals surface area (Å²) in [5, 5.41) is 6.84. The molecule has 2 amide bonds. The first kappa shape index (κ1) is 18.3. The summed E-state index contributed by atoms with van der Waals surface area (Å²) < 4.78 is 6.95. The molecular formula is C17H16N6O3S. The van der Waals surface area contributed by atoms with Crippen LogP contribution in [0.4, 0.5) is 0 Å². The second-order valence-corrected chi connectivity index (χ2v) is 5.80. The highest BCUT2D eigenvalue weighted by Gasteiger charge is 2.13. The van der Waals surface area contributed by atoms with Gasteiger partial charge < -0.3 is 4.74 Å². The number of benzene rings is 1. The van der Waals surface area contributed by atoms with Crippen LogP contribution >= 0.6 is 12.2 Å². The van der Waals surface area contributed by atoms with Gasteiger partial charge in [-0.25, -0.2) is 0 Å². The number of ether oxygens (including phenoxy) is 1. The van der Waals surface area contributed by atoms with Crippen molar-refractivity contribution < 1.29 is 14.3 Å². The molecule has 0 aliphatic heterocycles. The summed E-state index contributed by atoms with van der Waals surface area (Å²) in [6.07, 6.45) is 2.95. The number of rotatable bonds is 5. The van der Waals surface area contributed by atoms with E-state index in [1.54, 1.807) is 37.6 Å². The minimum absolute atomic E-state index is 0.121. The molecule has 2 heterocycles. The Bertz CT molecular complexity index is 998.